The van der Waals surface area contributed by atoms with E-state index in [-0.39, 0.29) is 0 Å². The van der Waals surface area contributed by atoms with Crippen molar-refractivity contribution in [2.24, 2.45) is 10.8 Å². The Morgan fingerprint density at radius 1 is 1.18 bits per heavy atom. The van der Waals surface area contributed by atoms with E-state index in [0.717, 1.165) is 37.6 Å². The molecule has 0 fully saturated rings. The first kappa shape index (κ1) is 13.5. The SMILES string of the molecule is CCCN(CCC)C(=Nc1ccccc1)NN. The van der Waals surface area contributed by atoms with Crippen LogP contribution in [0, 0.1) is 0 Å². The lowest BCUT2D eigenvalue weighted by molar-refractivity contribution is 0.403. The summed E-state index contributed by atoms with van der Waals surface area (Å²) >= 11 is 0. The number of nitrogens with two attached hydrogens (primary N) is 1. The molecular weight excluding hydrogens is 212 g/mol. The van der Waals surface area contributed by atoms with Gasteiger partial charge in [-0.2, -0.15) is 0 Å². The molecule has 0 saturated heterocycles. The molecule has 0 radical (unpaired) electrons. The summed E-state index contributed by atoms with van der Waals surface area (Å²) in [6, 6.07) is 9.85. The van der Waals surface area contributed by atoms with Crippen molar-refractivity contribution in [3.8, 4) is 0 Å². The van der Waals surface area contributed by atoms with E-state index in [2.05, 4.69) is 29.2 Å². The fraction of sp³-hybridized carbons (Fsp3) is 0.462. The highest BCUT2D eigenvalue weighted by atomic mass is 15.4. The molecule has 94 valence electrons. The normalized spacial score (nSPS) is 11.4. The maximum Gasteiger partial charge on any atom is 0.213 e. The summed E-state index contributed by atoms with van der Waals surface area (Å²) in [5.41, 5.74) is 3.61. The Kier molecular flexibility index (Phi) is 6.10. The second kappa shape index (κ2) is 7.68. The van der Waals surface area contributed by atoms with Gasteiger partial charge in [-0.1, -0.05) is 32.0 Å². The quantitative estimate of drug-likeness (QED) is 0.355. The minimum absolute atomic E-state index is 0.736. The molecule has 0 unspecified atom stereocenters. The lowest BCUT2D eigenvalue weighted by atomic mass is 10.3. The Bertz CT molecular complexity index is 329. The molecule has 0 spiro atoms. The zero-order valence-electron chi connectivity index (χ0n) is 10.7. The molecule has 0 aromatic heterocycles. The van der Waals surface area contributed by atoms with Gasteiger partial charge in [-0.3, -0.25) is 5.43 Å². The van der Waals surface area contributed by atoms with Gasteiger partial charge >= 0.3 is 0 Å². The Hall–Kier alpha value is -1.55. The van der Waals surface area contributed by atoms with Crippen LogP contribution >= 0.6 is 0 Å². The van der Waals surface area contributed by atoms with E-state index in [0.29, 0.717) is 0 Å². The van der Waals surface area contributed by atoms with Crippen LogP contribution in [0.15, 0.2) is 35.3 Å². The fourth-order valence-corrected chi connectivity index (χ4v) is 1.68. The van der Waals surface area contributed by atoms with Crippen molar-refractivity contribution in [1.82, 2.24) is 10.3 Å². The Balaban J connectivity index is 2.83. The Morgan fingerprint density at radius 3 is 2.24 bits per heavy atom. The third-order valence-corrected chi connectivity index (χ3v) is 2.41. The van der Waals surface area contributed by atoms with Crippen LogP contribution in [0.4, 0.5) is 5.69 Å². The summed E-state index contributed by atoms with van der Waals surface area (Å²) in [5.74, 6) is 6.30. The van der Waals surface area contributed by atoms with Gasteiger partial charge in [-0.15, -0.1) is 0 Å². The highest BCUT2D eigenvalue weighted by Gasteiger charge is 2.07. The van der Waals surface area contributed by atoms with Crippen molar-refractivity contribution in [1.29, 1.82) is 0 Å². The van der Waals surface area contributed by atoms with E-state index in [4.69, 9.17) is 5.84 Å². The average Bonchev–Trinajstić information content (AvgIpc) is 2.37. The molecule has 0 aliphatic heterocycles. The van der Waals surface area contributed by atoms with E-state index in [1.807, 2.05) is 30.3 Å². The molecule has 1 aromatic rings. The maximum absolute atomic E-state index is 5.56. The second-order valence-corrected chi connectivity index (χ2v) is 3.90. The van der Waals surface area contributed by atoms with Crippen molar-refractivity contribution < 1.29 is 0 Å². The number of hydrogen-bond acceptors (Lipinski definition) is 2. The summed E-state index contributed by atoms with van der Waals surface area (Å²) in [6.45, 7) is 6.23. The number of hydrazine groups is 1. The molecule has 0 atom stereocenters. The Labute approximate surface area is 104 Å². The molecule has 4 nitrogen and oxygen atoms in total. The topological polar surface area (TPSA) is 53.6 Å². The van der Waals surface area contributed by atoms with Crippen molar-refractivity contribution in [2.75, 3.05) is 13.1 Å². The lowest BCUT2D eigenvalue weighted by Gasteiger charge is -2.24. The average molecular weight is 234 g/mol. The molecule has 17 heavy (non-hydrogen) atoms. The molecule has 0 aliphatic rings. The number of rotatable bonds is 5. The number of aliphatic imine (C=N–C) groups is 1. The van der Waals surface area contributed by atoms with Crippen molar-refractivity contribution >= 4 is 11.6 Å². The van der Waals surface area contributed by atoms with Gasteiger partial charge in [0.25, 0.3) is 0 Å². The van der Waals surface area contributed by atoms with Gasteiger partial charge in [0.2, 0.25) is 5.96 Å². The van der Waals surface area contributed by atoms with Gasteiger partial charge in [-0.25, -0.2) is 10.8 Å². The van der Waals surface area contributed by atoms with Crippen LogP contribution in [0.5, 0.6) is 0 Å². The lowest BCUT2D eigenvalue weighted by Crippen LogP contribution is -2.45. The van der Waals surface area contributed by atoms with Crippen LogP contribution in [-0.4, -0.2) is 23.9 Å². The number of nitrogens with one attached hydrogen (secondary N) is 1. The number of nitrogens with zero attached hydrogens (tertiary/aromatic N) is 2. The smallest absolute Gasteiger partial charge is 0.213 e. The molecule has 0 bridgehead atoms. The minimum atomic E-state index is 0.736. The third kappa shape index (κ3) is 4.44. The fourth-order valence-electron chi connectivity index (χ4n) is 1.68. The summed E-state index contributed by atoms with van der Waals surface area (Å²) in [5, 5.41) is 0. The van der Waals surface area contributed by atoms with Gasteiger partial charge in [0.1, 0.15) is 0 Å². The minimum Gasteiger partial charge on any atom is -0.342 e. The molecule has 3 N–H and O–H groups in total. The highest BCUT2D eigenvalue weighted by Crippen LogP contribution is 2.10. The number of benzene rings is 1. The van der Waals surface area contributed by atoms with E-state index in [1.54, 1.807) is 0 Å². The van der Waals surface area contributed by atoms with E-state index >= 15 is 0 Å². The van der Waals surface area contributed by atoms with Gasteiger partial charge in [0.05, 0.1) is 5.69 Å². The molecule has 1 aromatic carbocycles. The van der Waals surface area contributed by atoms with Crippen molar-refractivity contribution in [3.05, 3.63) is 30.3 Å². The summed E-state index contributed by atoms with van der Waals surface area (Å²) in [4.78, 5) is 6.69. The molecule has 4 heteroatoms. The van der Waals surface area contributed by atoms with Gasteiger partial charge in [0.15, 0.2) is 0 Å². The first-order valence-corrected chi connectivity index (χ1v) is 6.17. The first-order chi connectivity index (χ1) is 8.31. The van der Waals surface area contributed by atoms with Gasteiger partial charge in [-0.05, 0) is 25.0 Å². The number of guanidine groups is 1. The predicted octanol–water partition coefficient (Wildman–Crippen LogP) is 2.26. The summed E-state index contributed by atoms with van der Waals surface area (Å²) < 4.78 is 0. The standard InChI is InChI=1S/C13H22N4/c1-3-10-17(11-4-2)13(16-14)15-12-8-6-5-7-9-12/h5-9H,3-4,10-11,14H2,1-2H3,(H,15,16). The molecule has 0 heterocycles. The van der Waals surface area contributed by atoms with Crippen LogP contribution in [0.25, 0.3) is 0 Å². The van der Waals surface area contributed by atoms with Gasteiger partial charge < -0.3 is 4.90 Å². The maximum atomic E-state index is 5.56. The first-order valence-electron chi connectivity index (χ1n) is 6.17. The van der Waals surface area contributed by atoms with Crippen LogP contribution in [-0.2, 0) is 0 Å². The zero-order chi connectivity index (χ0) is 12.5. The summed E-state index contributed by atoms with van der Waals surface area (Å²) in [7, 11) is 0. The highest BCUT2D eigenvalue weighted by molar-refractivity contribution is 5.82. The molecular formula is C13H22N4. The van der Waals surface area contributed by atoms with Gasteiger partial charge in [0, 0.05) is 13.1 Å². The van der Waals surface area contributed by atoms with Crippen molar-refractivity contribution in [2.45, 2.75) is 26.7 Å². The van der Waals surface area contributed by atoms with E-state index in [9.17, 15) is 0 Å². The van der Waals surface area contributed by atoms with Crippen LogP contribution < -0.4 is 11.3 Å². The molecule has 0 amide bonds. The monoisotopic (exact) mass is 234 g/mol. The predicted molar refractivity (Wildman–Crippen MR) is 73.0 cm³/mol. The zero-order valence-corrected chi connectivity index (χ0v) is 10.7. The summed E-state index contributed by atoms with van der Waals surface area (Å²) in [6.07, 6.45) is 2.16. The van der Waals surface area contributed by atoms with Crippen LogP contribution in [0.3, 0.4) is 0 Å². The van der Waals surface area contributed by atoms with E-state index < -0.39 is 0 Å². The molecule has 0 aliphatic carbocycles. The largest absolute Gasteiger partial charge is 0.342 e. The van der Waals surface area contributed by atoms with Crippen LogP contribution in [0.2, 0.25) is 0 Å². The second-order valence-electron chi connectivity index (χ2n) is 3.90. The number of para-hydroxylation sites is 1. The molecule has 0 saturated carbocycles. The van der Waals surface area contributed by atoms with E-state index in [1.165, 1.54) is 0 Å². The third-order valence-electron chi connectivity index (χ3n) is 2.41. The number of hydrogen-bond donors (Lipinski definition) is 2. The van der Waals surface area contributed by atoms with Crippen molar-refractivity contribution in [3.63, 3.8) is 0 Å². The Morgan fingerprint density at radius 2 is 1.76 bits per heavy atom. The molecule has 1 rings (SSSR count). The van der Waals surface area contributed by atoms with Crippen LogP contribution in [0.1, 0.15) is 26.7 Å².